The molecule has 0 aliphatic carbocycles. The molecule has 0 bridgehead atoms. The summed E-state index contributed by atoms with van der Waals surface area (Å²) in [6, 6.07) is 6.11. The molecule has 8 heteroatoms. The Morgan fingerprint density at radius 2 is 2.04 bits per heavy atom. The van der Waals surface area contributed by atoms with Gasteiger partial charge in [0.1, 0.15) is 5.75 Å². The van der Waals surface area contributed by atoms with Crippen LogP contribution in [0.1, 0.15) is 6.42 Å². The van der Waals surface area contributed by atoms with Gasteiger partial charge >= 0.3 is 6.03 Å². The molecule has 7 nitrogen and oxygen atoms in total. The van der Waals surface area contributed by atoms with Crippen molar-refractivity contribution in [3.8, 4) is 5.75 Å². The first kappa shape index (κ1) is 15.6. The monoisotopic (exact) mass is 337 g/mol. The maximum absolute atomic E-state index is 12.2. The van der Waals surface area contributed by atoms with Crippen LogP contribution in [0.25, 0.3) is 0 Å². The van der Waals surface area contributed by atoms with Crippen LogP contribution in [0.15, 0.2) is 24.3 Å². The zero-order valence-electron chi connectivity index (χ0n) is 12.3. The van der Waals surface area contributed by atoms with Crippen LogP contribution >= 0.6 is 11.6 Å². The third-order valence-corrected chi connectivity index (χ3v) is 4.19. The Kier molecular flexibility index (Phi) is 4.38. The van der Waals surface area contributed by atoms with Crippen molar-refractivity contribution in [3.05, 3.63) is 29.3 Å². The highest BCUT2D eigenvalue weighted by Gasteiger charge is 2.39. The van der Waals surface area contributed by atoms with Gasteiger partial charge in [-0.15, -0.1) is 0 Å². The van der Waals surface area contributed by atoms with E-state index in [0.29, 0.717) is 30.3 Å². The predicted molar refractivity (Wildman–Crippen MR) is 82.2 cm³/mol. The Morgan fingerprint density at radius 3 is 2.70 bits per heavy atom. The van der Waals surface area contributed by atoms with Crippen LogP contribution in [-0.2, 0) is 9.59 Å². The number of rotatable bonds is 4. The van der Waals surface area contributed by atoms with Crippen molar-refractivity contribution < 1.29 is 19.1 Å². The van der Waals surface area contributed by atoms with Gasteiger partial charge in [0.2, 0.25) is 5.91 Å². The number of hydrogen-bond acceptors (Lipinski definition) is 4. The molecular weight excluding hydrogens is 322 g/mol. The lowest BCUT2D eigenvalue weighted by Gasteiger charge is -2.21. The van der Waals surface area contributed by atoms with Gasteiger partial charge in [-0.25, -0.2) is 4.79 Å². The maximum atomic E-state index is 12.2. The van der Waals surface area contributed by atoms with Gasteiger partial charge < -0.3 is 15.0 Å². The van der Waals surface area contributed by atoms with E-state index in [-0.39, 0.29) is 37.0 Å². The lowest BCUT2D eigenvalue weighted by atomic mass is 10.2. The predicted octanol–water partition coefficient (Wildman–Crippen LogP) is 0.871. The summed E-state index contributed by atoms with van der Waals surface area (Å²) in [5.74, 6) is 0.147. The fourth-order valence-electron chi connectivity index (χ4n) is 2.75. The van der Waals surface area contributed by atoms with E-state index in [0.717, 1.165) is 0 Å². The van der Waals surface area contributed by atoms with Gasteiger partial charge in [0.15, 0.2) is 6.61 Å². The molecular formula is C15H16ClN3O4. The van der Waals surface area contributed by atoms with Crippen LogP contribution < -0.4 is 10.1 Å². The quantitative estimate of drug-likeness (QED) is 0.827. The van der Waals surface area contributed by atoms with Crippen LogP contribution in [-0.4, -0.2) is 59.9 Å². The summed E-state index contributed by atoms with van der Waals surface area (Å²) in [6.45, 7) is 0.796. The topological polar surface area (TPSA) is 79.0 Å². The Labute approximate surface area is 138 Å². The summed E-state index contributed by atoms with van der Waals surface area (Å²) in [7, 11) is 0. The van der Waals surface area contributed by atoms with E-state index in [1.807, 2.05) is 0 Å². The smallest absolute Gasteiger partial charge is 0.324 e. The zero-order chi connectivity index (χ0) is 16.4. The van der Waals surface area contributed by atoms with Crippen molar-refractivity contribution in [2.45, 2.75) is 12.5 Å². The molecule has 1 atom stereocenters. The van der Waals surface area contributed by atoms with Gasteiger partial charge in [-0.05, 0) is 30.7 Å². The van der Waals surface area contributed by atoms with Gasteiger partial charge in [-0.3, -0.25) is 14.5 Å². The molecule has 0 spiro atoms. The average Bonchev–Trinajstić information content (AvgIpc) is 3.13. The van der Waals surface area contributed by atoms with Crippen molar-refractivity contribution in [2.24, 2.45) is 0 Å². The number of likely N-dealkylation sites (tertiary alicyclic amines) is 1. The number of urea groups is 1. The van der Waals surface area contributed by atoms with E-state index in [4.69, 9.17) is 16.3 Å². The Hall–Kier alpha value is -2.28. The molecule has 3 rings (SSSR count). The number of amides is 4. The van der Waals surface area contributed by atoms with Gasteiger partial charge in [0.25, 0.3) is 5.91 Å². The fraction of sp³-hybridized carbons (Fsp3) is 0.400. The highest BCUT2D eigenvalue weighted by molar-refractivity contribution is 6.30. The van der Waals surface area contributed by atoms with E-state index in [1.165, 1.54) is 4.90 Å². The SMILES string of the molecule is O=C(COc1ccc(Cl)cc1)N1CCC(N2C(=O)CNC2=O)C1. The van der Waals surface area contributed by atoms with Crippen LogP contribution in [0, 0.1) is 0 Å². The summed E-state index contributed by atoms with van der Waals surface area (Å²) in [5.41, 5.74) is 0. The average molecular weight is 338 g/mol. The largest absolute Gasteiger partial charge is 0.484 e. The maximum Gasteiger partial charge on any atom is 0.324 e. The molecule has 2 aliphatic rings. The first-order chi connectivity index (χ1) is 11.0. The van der Waals surface area contributed by atoms with E-state index in [1.54, 1.807) is 29.2 Å². The van der Waals surface area contributed by atoms with Crippen molar-refractivity contribution in [1.29, 1.82) is 0 Å². The molecule has 2 saturated heterocycles. The summed E-state index contributed by atoms with van der Waals surface area (Å²) < 4.78 is 5.43. The summed E-state index contributed by atoms with van der Waals surface area (Å²) in [6.07, 6.45) is 0.589. The molecule has 23 heavy (non-hydrogen) atoms. The number of hydrogen-bond donors (Lipinski definition) is 1. The molecule has 1 unspecified atom stereocenters. The van der Waals surface area contributed by atoms with E-state index in [9.17, 15) is 14.4 Å². The lowest BCUT2D eigenvalue weighted by Crippen LogP contribution is -2.43. The minimum absolute atomic E-state index is 0.0307. The minimum Gasteiger partial charge on any atom is -0.484 e. The van der Waals surface area contributed by atoms with Crippen LogP contribution in [0.4, 0.5) is 4.79 Å². The normalized spacial score (nSPS) is 20.8. The molecule has 2 heterocycles. The van der Waals surface area contributed by atoms with Crippen molar-refractivity contribution >= 4 is 29.4 Å². The molecule has 0 saturated carbocycles. The van der Waals surface area contributed by atoms with Gasteiger partial charge in [-0.1, -0.05) is 11.6 Å². The molecule has 1 aromatic rings. The van der Waals surface area contributed by atoms with E-state index in [2.05, 4.69) is 5.32 Å². The number of ether oxygens (including phenoxy) is 1. The van der Waals surface area contributed by atoms with Crippen molar-refractivity contribution in [3.63, 3.8) is 0 Å². The first-order valence-corrected chi connectivity index (χ1v) is 7.68. The van der Waals surface area contributed by atoms with E-state index >= 15 is 0 Å². The van der Waals surface area contributed by atoms with Crippen molar-refractivity contribution in [2.75, 3.05) is 26.2 Å². The second kappa shape index (κ2) is 6.45. The minimum atomic E-state index is -0.383. The van der Waals surface area contributed by atoms with Crippen molar-refractivity contribution in [1.82, 2.24) is 15.1 Å². The summed E-state index contributed by atoms with van der Waals surface area (Å²) in [5, 5.41) is 3.09. The Balaban J connectivity index is 1.52. The molecule has 1 N–H and O–H groups in total. The fourth-order valence-corrected chi connectivity index (χ4v) is 2.88. The Bertz CT molecular complexity index is 618. The second-order valence-electron chi connectivity index (χ2n) is 5.45. The third-order valence-electron chi connectivity index (χ3n) is 3.94. The van der Waals surface area contributed by atoms with Crippen LogP contribution in [0.5, 0.6) is 5.75 Å². The molecule has 0 radical (unpaired) electrons. The lowest BCUT2D eigenvalue weighted by molar-refractivity contribution is -0.133. The number of nitrogens with one attached hydrogen (secondary N) is 1. The molecule has 4 amide bonds. The van der Waals surface area contributed by atoms with Gasteiger partial charge in [-0.2, -0.15) is 0 Å². The number of imide groups is 1. The standard InChI is InChI=1S/C15H16ClN3O4/c16-10-1-3-12(4-2-10)23-9-14(21)18-6-5-11(8-18)19-13(20)7-17-15(19)22/h1-4,11H,5-9H2,(H,17,22). The highest BCUT2D eigenvalue weighted by atomic mass is 35.5. The van der Waals surface area contributed by atoms with Crippen LogP contribution in [0.3, 0.4) is 0 Å². The van der Waals surface area contributed by atoms with E-state index < -0.39 is 0 Å². The zero-order valence-corrected chi connectivity index (χ0v) is 13.1. The summed E-state index contributed by atoms with van der Waals surface area (Å²) in [4.78, 5) is 38.3. The van der Waals surface area contributed by atoms with Gasteiger partial charge in [0, 0.05) is 18.1 Å². The summed E-state index contributed by atoms with van der Waals surface area (Å²) >= 11 is 5.78. The molecule has 2 fully saturated rings. The number of carbonyl (C=O) groups is 3. The molecule has 0 aromatic heterocycles. The van der Waals surface area contributed by atoms with Gasteiger partial charge in [0.05, 0.1) is 12.6 Å². The highest BCUT2D eigenvalue weighted by Crippen LogP contribution is 2.19. The molecule has 2 aliphatic heterocycles. The number of carbonyl (C=O) groups excluding carboxylic acids is 3. The first-order valence-electron chi connectivity index (χ1n) is 7.30. The van der Waals surface area contributed by atoms with Crippen LogP contribution in [0.2, 0.25) is 5.02 Å². The molecule has 1 aromatic carbocycles. The Morgan fingerprint density at radius 1 is 1.30 bits per heavy atom. The molecule has 122 valence electrons. The third kappa shape index (κ3) is 3.39. The number of halogens is 1. The second-order valence-corrected chi connectivity index (χ2v) is 5.88. The number of benzene rings is 1. The number of nitrogens with zero attached hydrogens (tertiary/aromatic N) is 2.